The first-order chi connectivity index (χ1) is 12.7. The minimum absolute atomic E-state index is 0.298. The van der Waals surface area contributed by atoms with Crippen molar-refractivity contribution in [3.05, 3.63) is 59.4 Å². The Balaban J connectivity index is 1.87. The summed E-state index contributed by atoms with van der Waals surface area (Å²) in [5.74, 6) is 0.00774. The van der Waals surface area contributed by atoms with E-state index in [2.05, 4.69) is 15.0 Å². The zero-order chi connectivity index (χ0) is 19.3. The fourth-order valence-electron chi connectivity index (χ4n) is 3.23. The van der Waals surface area contributed by atoms with Crippen molar-refractivity contribution >= 4 is 31.9 Å². The van der Waals surface area contributed by atoms with Crippen LogP contribution in [0.1, 0.15) is 17.1 Å². The van der Waals surface area contributed by atoms with Gasteiger partial charge in [-0.3, -0.25) is 0 Å². The monoisotopic (exact) mass is 384 g/mol. The minimum Gasteiger partial charge on any atom is -0.323 e. The van der Waals surface area contributed by atoms with Gasteiger partial charge in [-0.2, -0.15) is 0 Å². The molecule has 8 heteroatoms. The Kier molecular flexibility index (Phi) is 3.96. The molecule has 0 aliphatic rings. The highest BCUT2D eigenvalue weighted by Crippen LogP contribution is 2.25. The number of imidazole rings is 1. The molecule has 0 bridgehead atoms. The van der Waals surface area contributed by atoms with E-state index in [-0.39, 0.29) is 4.90 Å². The van der Waals surface area contributed by atoms with Gasteiger partial charge in [-0.1, -0.05) is 6.07 Å². The summed E-state index contributed by atoms with van der Waals surface area (Å²) in [6, 6.07) is 8.05. The Bertz CT molecular complexity index is 1310. The van der Waals surface area contributed by atoms with E-state index in [1.807, 2.05) is 30.5 Å². The van der Waals surface area contributed by atoms with Crippen LogP contribution in [0.15, 0.2) is 41.4 Å². The first kappa shape index (κ1) is 17.5. The summed E-state index contributed by atoms with van der Waals surface area (Å²) >= 11 is 0. The van der Waals surface area contributed by atoms with Crippen LogP contribution in [0, 0.1) is 19.7 Å². The standard InChI is InChI=1S/C19H17FN4O2S/c1-11-4-6-14-18-16(9-21-19(14)22-11)23-12(2)24(18)10-13-5-7-17(15(20)8-13)27(3,25)26/h4-9H,10H2,1-3H3. The third kappa shape index (κ3) is 3.06. The molecule has 0 spiro atoms. The normalized spacial score (nSPS) is 12.1. The SMILES string of the molecule is Cc1ccc2c(ncc3nc(C)n(Cc4ccc(S(C)(=O)=O)c(F)c4)c32)n1. The second kappa shape index (κ2) is 6.09. The van der Waals surface area contributed by atoms with E-state index in [0.29, 0.717) is 17.8 Å². The minimum atomic E-state index is -3.60. The molecule has 0 aliphatic heterocycles. The van der Waals surface area contributed by atoms with Crippen LogP contribution in [0.3, 0.4) is 0 Å². The van der Waals surface area contributed by atoms with Crippen molar-refractivity contribution in [2.75, 3.05) is 6.26 Å². The van der Waals surface area contributed by atoms with Gasteiger partial charge in [0.2, 0.25) is 0 Å². The quantitative estimate of drug-likeness (QED) is 0.542. The number of pyridine rings is 2. The highest BCUT2D eigenvalue weighted by molar-refractivity contribution is 7.90. The molecule has 1 aromatic carbocycles. The van der Waals surface area contributed by atoms with Crippen molar-refractivity contribution in [3.63, 3.8) is 0 Å². The average molecular weight is 384 g/mol. The van der Waals surface area contributed by atoms with Crippen LogP contribution < -0.4 is 0 Å². The highest BCUT2D eigenvalue weighted by Gasteiger charge is 2.16. The van der Waals surface area contributed by atoms with Gasteiger partial charge in [0.15, 0.2) is 15.5 Å². The summed E-state index contributed by atoms with van der Waals surface area (Å²) in [6.45, 7) is 4.13. The van der Waals surface area contributed by atoms with E-state index in [4.69, 9.17) is 0 Å². The molecular weight excluding hydrogens is 367 g/mol. The first-order valence-electron chi connectivity index (χ1n) is 8.32. The Labute approximate surface area is 155 Å². The Morgan fingerprint density at radius 2 is 1.89 bits per heavy atom. The molecule has 27 heavy (non-hydrogen) atoms. The van der Waals surface area contributed by atoms with Crippen LogP contribution in [-0.2, 0) is 16.4 Å². The van der Waals surface area contributed by atoms with Gasteiger partial charge in [0.25, 0.3) is 0 Å². The maximum Gasteiger partial charge on any atom is 0.178 e. The molecule has 0 N–H and O–H groups in total. The number of hydrogen-bond donors (Lipinski definition) is 0. The predicted molar refractivity (Wildman–Crippen MR) is 101 cm³/mol. The molecule has 3 heterocycles. The molecule has 0 radical (unpaired) electrons. The zero-order valence-electron chi connectivity index (χ0n) is 15.1. The first-order valence-corrected chi connectivity index (χ1v) is 10.2. The van der Waals surface area contributed by atoms with Gasteiger partial charge in [0, 0.05) is 23.9 Å². The lowest BCUT2D eigenvalue weighted by Gasteiger charge is -2.10. The fraction of sp³-hybridized carbons (Fsp3) is 0.211. The summed E-state index contributed by atoms with van der Waals surface area (Å²) in [4.78, 5) is 13.1. The molecular formula is C19H17FN4O2S. The van der Waals surface area contributed by atoms with E-state index >= 15 is 0 Å². The van der Waals surface area contributed by atoms with Gasteiger partial charge >= 0.3 is 0 Å². The van der Waals surface area contributed by atoms with E-state index in [0.717, 1.165) is 34.2 Å². The molecule has 138 valence electrons. The molecule has 4 rings (SSSR count). The molecule has 0 aliphatic carbocycles. The molecule has 0 atom stereocenters. The number of aryl methyl sites for hydroxylation is 2. The maximum atomic E-state index is 14.3. The number of rotatable bonds is 3. The number of benzene rings is 1. The van der Waals surface area contributed by atoms with Gasteiger partial charge in [0.05, 0.1) is 11.7 Å². The molecule has 4 aromatic rings. The zero-order valence-corrected chi connectivity index (χ0v) is 15.9. The third-order valence-electron chi connectivity index (χ3n) is 4.50. The summed E-state index contributed by atoms with van der Waals surface area (Å²) in [6.07, 6.45) is 2.67. The smallest absolute Gasteiger partial charge is 0.178 e. The maximum absolute atomic E-state index is 14.3. The van der Waals surface area contributed by atoms with Crippen LogP contribution in [-0.4, -0.2) is 34.2 Å². The lowest BCUT2D eigenvalue weighted by Crippen LogP contribution is -2.05. The van der Waals surface area contributed by atoms with Gasteiger partial charge in [-0.25, -0.2) is 27.8 Å². The van der Waals surface area contributed by atoms with Crippen LogP contribution in [0.4, 0.5) is 4.39 Å². The van der Waals surface area contributed by atoms with Crippen molar-refractivity contribution < 1.29 is 12.8 Å². The topological polar surface area (TPSA) is 77.7 Å². The van der Waals surface area contributed by atoms with Crippen molar-refractivity contribution in [2.24, 2.45) is 0 Å². The largest absolute Gasteiger partial charge is 0.323 e. The van der Waals surface area contributed by atoms with Gasteiger partial charge in [0.1, 0.15) is 22.1 Å². The molecule has 3 aromatic heterocycles. The average Bonchev–Trinajstić information content (AvgIpc) is 2.89. The lowest BCUT2D eigenvalue weighted by atomic mass is 10.2. The van der Waals surface area contributed by atoms with Crippen molar-refractivity contribution in [3.8, 4) is 0 Å². The van der Waals surface area contributed by atoms with Crippen LogP contribution in [0.25, 0.3) is 22.1 Å². The molecule has 0 unspecified atom stereocenters. The number of hydrogen-bond acceptors (Lipinski definition) is 5. The Hall–Kier alpha value is -2.87. The second-order valence-corrected chi connectivity index (χ2v) is 8.58. The molecule has 0 saturated carbocycles. The van der Waals surface area contributed by atoms with E-state index < -0.39 is 15.7 Å². The van der Waals surface area contributed by atoms with Crippen molar-refractivity contribution in [1.82, 2.24) is 19.5 Å². The van der Waals surface area contributed by atoms with Crippen LogP contribution in [0.2, 0.25) is 0 Å². The molecule has 6 nitrogen and oxygen atoms in total. The van der Waals surface area contributed by atoms with E-state index in [9.17, 15) is 12.8 Å². The number of halogens is 1. The van der Waals surface area contributed by atoms with Crippen LogP contribution >= 0.6 is 0 Å². The number of aromatic nitrogens is 4. The highest BCUT2D eigenvalue weighted by atomic mass is 32.2. The summed E-state index contributed by atoms with van der Waals surface area (Å²) in [7, 11) is -3.60. The lowest BCUT2D eigenvalue weighted by molar-refractivity contribution is 0.568. The predicted octanol–water partition coefficient (Wildman–Crippen LogP) is 3.19. The Morgan fingerprint density at radius 3 is 2.59 bits per heavy atom. The number of nitrogens with zero attached hydrogens (tertiary/aromatic N) is 4. The van der Waals surface area contributed by atoms with Crippen molar-refractivity contribution in [1.29, 1.82) is 0 Å². The molecule has 0 saturated heterocycles. The molecule has 0 amide bonds. The van der Waals surface area contributed by atoms with E-state index in [1.54, 1.807) is 12.3 Å². The van der Waals surface area contributed by atoms with Gasteiger partial charge in [-0.05, 0) is 43.7 Å². The summed E-state index contributed by atoms with van der Waals surface area (Å²) < 4.78 is 39.5. The number of fused-ring (bicyclic) bond motifs is 3. The molecule has 0 fully saturated rings. The van der Waals surface area contributed by atoms with E-state index in [1.165, 1.54) is 12.1 Å². The third-order valence-corrected chi connectivity index (χ3v) is 5.63. The van der Waals surface area contributed by atoms with Gasteiger partial charge < -0.3 is 4.57 Å². The number of sulfone groups is 1. The Morgan fingerprint density at radius 1 is 1.11 bits per heavy atom. The summed E-state index contributed by atoms with van der Waals surface area (Å²) in [5, 5.41) is 0.868. The summed E-state index contributed by atoms with van der Waals surface area (Å²) in [5.41, 5.74) is 3.75. The van der Waals surface area contributed by atoms with Gasteiger partial charge in [-0.15, -0.1) is 0 Å². The van der Waals surface area contributed by atoms with Crippen molar-refractivity contribution in [2.45, 2.75) is 25.3 Å². The fourth-order valence-corrected chi connectivity index (χ4v) is 3.96. The van der Waals surface area contributed by atoms with Crippen LogP contribution in [0.5, 0.6) is 0 Å². The second-order valence-electron chi connectivity index (χ2n) is 6.60.